The van der Waals surface area contributed by atoms with Crippen molar-refractivity contribution < 1.29 is 28.6 Å². The monoisotopic (exact) mass is 592 g/mol. The molecule has 0 N–H and O–H groups in total. The maximum Gasteiger partial charge on any atom is 0.304 e. The first kappa shape index (κ1) is 34.6. The van der Waals surface area contributed by atoms with Gasteiger partial charge >= 0.3 is 17.9 Å². The summed E-state index contributed by atoms with van der Waals surface area (Å²) in [5.41, 5.74) is -2.16. The quantitative estimate of drug-likeness (QED) is 0.136. The molecule has 3 fully saturated rings. The van der Waals surface area contributed by atoms with Gasteiger partial charge in [0.15, 0.2) is 16.8 Å². The zero-order chi connectivity index (χ0) is 31.0. The largest absolute Gasteiger partial charge is 0.446 e. The van der Waals surface area contributed by atoms with Crippen LogP contribution in [-0.4, -0.2) is 34.7 Å². The van der Waals surface area contributed by atoms with E-state index in [1.807, 2.05) is 0 Å². The van der Waals surface area contributed by atoms with Gasteiger partial charge in [0.05, 0.1) is 0 Å². The number of carbonyl (C=O) groups excluding carboxylic acids is 3. The zero-order valence-corrected chi connectivity index (χ0v) is 26.9. The van der Waals surface area contributed by atoms with E-state index < -0.39 is 16.8 Å². The molecule has 3 aliphatic rings. The molecule has 0 aliphatic heterocycles. The van der Waals surface area contributed by atoms with E-state index >= 15 is 0 Å². The molecule has 0 atom stereocenters. The fraction of sp³-hybridized carbons (Fsp3) is 0.757. The Balaban J connectivity index is 1.85. The Morgan fingerprint density at radius 3 is 0.907 bits per heavy atom. The highest BCUT2D eigenvalue weighted by Crippen LogP contribution is 2.33. The van der Waals surface area contributed by atoms with Crippen LogP contribution in [0.25, 0.3) is 0 Å². The van der Waals surface area contributed by atoms with Crippen LogP contribution in [0.5, 0.6) is 0 Å². The number of ether oxygens (including phenoxy) is 3. The Labute approximate surface area is 260 Å². The van der Waals surface area contributed by atoms with Gasteiger partial charge in [0.2, 0.25) is 0 Å². The molecule has 0 radical (unpaired) electrons. The molecule has 0 aromatic carbocycles. The molecule has 0 aromatic heterocycles. The van der Waals surface area contributed by atoms with Crippen molar-refractivity contribution in [1.29, 1.82) is 0 Å². The SMILES string of the molecule is CC(=O)OC1(C#CCC(CC#CC2(OC(C)=O)CCCCCC2)CC#CC2(OC(C)=O)CCCCCC2)CCCCCC1. The standard InChI is InChI=1S/C37H52O6/c1-31(38)41-35(22-10-4-5-11-23-35)28-16-19-34(20-17-29-36(42-32(2)39)24-12-6-7-13-25-36)21-18-30-37(43-33(3)40)26-14-8-9-15-27-37/h34H,4-15,19-27H2,1-3H3. The van der Waals surface area contributed by atoms with Gasteiger partial charge in [-0.1, -0.05) is 74.0 Å². The van der Waals surface area contributed by atoms with Crippen molar-refractivity contribution in [3.8, 4) is 35.5 Å². The highest BCUT2D eigenvalue weighted by molar-refractivity contribution is 5.68. The summed E-state index contributed by atoms with van der Waals surface area (Å²) in [6, 6.07) is 0. The van der Waals surface area contributed by atoms with Gasteiger partial charge in [-0.05, 0) is 83.0 Å². The van der Waals surface area contributed by atoms with E-state index in [2.05, 4.69) is 35.5 Å². The first-order valence-electron chi connectivity index (χ1n) is 16.7. The van der Waals surface area contributed by atoms with Crippen molar-refractivity contribution >= 4 is 17.9 Å². The number of carbonyl (C=O) groups is 3. The fourth-order valence-electron chi connectivity index (χ4n) is 6.77. The maximum absolute atomic E-state index is 12.0. The summed E-state index contributed by atoms with van der Waals surface area (Å²) in [5.74, 6) is 19.4. The Morgan fingerprint density at radius 1 is 0.465 bits per heavy atom. The molecule has 0 heterocycles. The Kier molecular flexibility index (Phi) is 14.0. The van der Waals surface area contributed by atoms with Gasteiger partial charge < -0.3 is 14.2 Å². The van der Waals surface area contributed by atoms with E-state index in [1.54, 1.807) is 0 Å². The molecule has 0 unspecified atom stereocenters. The predicted octanol–water partition coefficient (Wildman–Crippen LogP) is 7.75. The molecule has 236 valence electrons. The molecule has 0 amide bonds. The molecule has 43 heavy (non-hydrogen) atoms. The van der Waals surface area contributed by atoms with Crippen molar-refractivity contribution in [2.75, 3.05) is 0 Å². The van der Waals surface area contributed by atoms with Crippen LogP contribution in [0.4, 0.5) is 0 Å². The highest BCUT2D eigenvalue weighted by atomic mass is 16.6. The molecule has 3 saturated carbocycles. The molecule has 3 rings (SSSR count). The third-order valence-electron chi connectivity index (χ3n) is 8.87. The normalized spacial score (nSPS) is 20.9. The van der Waals surface area contributed by atoms with E-state index in [-0.39, 0.29) is 23.8 Å². The molecule has 6 heteroatoms. The van der Waals surface area contributed by atoms with Crippen molar-refractivity contribution in [2.24, 2.45) is 5.92 Å². The fourth-order valence-corrected chi connectivity index (χ4v) is 6.77. The zero-order valence-electron chi connectivity index (χ0n) is 26.9. The van der Waals surface area contributed by atoms with Crippen LogP contribution in [0.3, 0.4) is 0 Å². The molecule has 0 saturated heterocycles. The Morgan fingerprint density at radius 2 is 0.698 bits per heavy atom. The van der Waals surface area contributed by atoms with E-state index in [9.17, 15) is 14.4 Å². The van der Waals surface area contributed by atoms with E-state index in [4.69, 9.17) is 14.2 Å². The summed E-state index contributed by atoms with van der Waals surface area (Å²) in [7, 11) is 0. The average molecular weight is 593 g/mol. The van der Waals surface area contributed by atoms with Gasteiger partial charge in [-0.2, -0.15) is 0 Å². The summed E-state index contributed by atoms with van der Waals surface area (Å²) in [6.07, 6.45) is 19.1. The second-order valence-corrected chi connectivity index (χ2v) is 12.9. The van der Waals surface area contributed by atoms with Crippen molar-refractivity contribution in [3.63, 3.8) is 0 Å². The summed E-state index contributed by atoms with van der Waals surface area (Å²) in [4.78, 5) is 35.9. The van der Waals surface area contributed by atoms with Gasteiger partial charge in [0.1, 0.15) is 0 Å². The van der Waals surface area contributed by atoms with Crippen LogP contribution in [0.1, 0.15) is 156 Å². The lowest BCUT2D eigenvalue weighted by atomic mass is 9.91. The second kappa shape index (κ2) is 17.4. The van der Waals surface area contributed by atoms with Crippen LogP contribution in [0.15, 0.2) is 0 Å². The number of hydrogen-bond acceptors (Lipinski definition) is 6. The first-order chi connectivity index (χ1) is 20.7. The van der Waals surface area contributed by atoms with Crippen molar-refractivity contribution in [1.82, 2.24) is 0 Å². The van der Waals surface area contributed by atoms with Crippen LogP contribution in [-0.2, 0) is 28.6 Å². The molecular formula is C37H52O6. The average Bonchev–Trinajstić information content (AvgIpc) is 3.40. The van der Waals surface area contributed by atoms with Crippen LogP contribution >= 0.6 is 0 Å². The lowest BCUT2D eigenvalue weighted by Crippen LogP contribution is -2.32. The van der Waals surface area contributed by atoms with Crippen molar-refractivity contribution in [2.45, 2.75) is 172 Å². The van der Waals surface area contributed by atoms with Gasteiger partial charge in [-0.15, -0.1) is 0 Å². The Bertz CT molecular complexity index is 966. The van der Waals surface area contributed by atoms with Crippen LogP contribution in [0, 0.1) is 41.4 Å². The molecule has 0 bridgehead atoms. The van der Waals surface area contributed by atoms with Crippen LogP contribution in [0.2, 0.25) is 0 Å². The number of esters is 3. The summed E-state index contributed by atoms with van der Waals surface area (Å²) >= 11 is 0. The predicted molar refractivity (Wildman–Crippen MR) is 167 cm³/mol. The van der Waals surface area contributed by atoms with Gasteiger partial charge in [-0.3, -0.25) is 14.4 Å². The number of rotatable bonds is 6. The lowest BCUT2D eigenvalue weighted by Gasteiger charge is -2.27. The van der Waals surface area contributed by atoms with Crippen molar-refractivity contribution in [3.05, 3.63) is 0 Å². The minimum atomic E-state index is -0.719. The third-order valence-corrected chi connectivity index (χ3v) is 8.87. The Hall–Kier alpha value is -2.91. The van der Waals surface area contributed by atoms with Crippen LogP contribution < -0.4 is 0 Å². The topological polar surface area (TPSA) is 78.9 Å². The van der Waals surface area contributed by atoms with E-state index in [0.717, 1.165) is 116 Å². The summed E-state index contributed by atoms with van der Waals surface area (Å²) in [6.45, 7) is 4.38. The summed E-state index contributed by atoms with van der Waals surface area (Å²) < 4.78 is 17.5. The molecule has 3 aliphatic carbocycles. The maximum atomic E-state index is 12.0. The molecular weight excluding hydrogens is 540 g/mol. The van der Waals surface area contributed by atoms with Gasteiger partial charge in [0.25, 0.3) is 0 Å². The minimum absolute atomic E-state index is 0.0490. The van der Waals surface area contributed by atoms with Gasteiger partial charge in [0, 0.05) is 40.0 Å². The molecule has 6 nitrogen and oxygen atoms in total. The molecule has 0 aromatic rings. The van der Waals surface area contributed by atoms with E-state index in [1.165, 1.54) is 20.8 Å². The number of hydrogen-bond donors (Lipinski definition) is 0. The minimum Gasteiger partial charge on any atom is -0.446 e. The molecule has 0 spiro atoms. The smallest absolute Gasteiger partial charge is 0.304 e. The summed E-state index contributed by atoms with van der Waals surface area (Å²) in [5, 5.41) is 0. The second-order valence-electron chi connectivity index (χ2n) is 12.9. The third kappa shape index (κ3) is 12.3. The highest BCUT2D eigenvalue weighted by Gasteiger charge is 2.34. The lowest BCUT2D eigenvalue weighted by molar-refractivity contribution is -0.153. The van der Waals surface area contributed by atoms with E-state index in [0.29, 0.717) is 19.3 Å². The van der Waals surface area contributed by atoms with Gasteiger partial charge in [-0.25, -0.2) is 0 Å². The first-order valence-corrected chi connectivity index (χ1v) is 16.7.